The van der Waals surface area contributed by atoms with Crippen LogP contribution in [0.2, 0.25) is 0 Å². The lowest BCUT2D eigenvalue weighted by Crippen LogP contribution is -2.51. The number of alkyl halides is 6. The van der Waals surface area contributed by atoms with E-state index >= 15 is 0 Å². The Morgan fingerprint density at radius 2 is 1.27 bits per heavy atom. The van der Waals surface area contributed by atoms with E-state index in [0.29, 0.717) is 24.8 Å². The van der Waals surface area contributed by atoms with Crippen molar-refractivity contribution in [1.82, 2.24) is 4.90 Å². The van der Waals surface area contributed by atoms with Gasteiger partial charge in [0.15, 0.2) is 0 Å². The average molecular weight is 526 g/mol. The molecule has 37 heavy (non-hydrogen) atoms. The van der Waals surface area contributed by atoms with Gasteiger partial charge in [-0.25, -0.2) is 0 Å². The number of rotatable bonds is 10. The molecule has 0 N–H and O–H groups in total. The first kappa shape index (κ1) is 28.0. The summed E-state index contributed by atoms with van der Waals surface area (Å²) in [7, 11) is 0. The predicted octanol–water partition coefficient (Wildman–Crippen LogP) is 8.54. The fourth-order valence-electron chi connectivity index (χ4n) is 6.37. The van der Waals surface area contributed by atoms with Gasteiger partial charge in [-0.1, -0.05) is 68.3 Å². The van der Waals surface area contributed by atoms with Gasteiger partial charge in [0.1, 0.15) is 0 Å². The van der Waals surface area contributed by atoms with Crippen LogP contribution >= 0.6 is 0 Å². The van der Waals surface area contributed by atoms with E-state index in [0.717, 1.165) is 19.5 Å². The van der Waals surface area contributed by atoms with Crippen LogP contribution in [-0.4, -0.2) is 36.4 Å². The first-order chi connectivity index (χ1) is 17.5. The molecule has 0 amide bonds. The summed E-state index contributed by atoms with van der Waals surface area (Å²) in [6.45, 7) is 5.63. The molecule has 0 heterocycles. The van der Waals surface area contributed by atoms with Gasteiger partial charge in [0.25, 0.3) is 0 Å². The lowest BCUT2D eigenvalue weighted by Gasteiger charge is -2.48. The second-order valence-corrected chi connectivity index (χ2v) is 11.0. The lowest BCUT2D eigenvalue weighted by molar-refractivity contribution is -0.215. The quantitative estimate of drug-likeness (QED) is 0.281. The Kier molecular flexibility index (Phi) is 8.04. The monoisotopic (exact) mass is 525 g/mol. The molecule has 0 radical (unpaired) electrons. The van der Waals surface area contributed by atoms with Gasteiger partial charge in [0.2, 0.25) is 0 Å². The minimum absolute atomic E-state index is 0.0288. The summed E-state index contributed by atoms with van der Waals surface area (Å²) in [5.74, 6) is 0. The minimum atomic E-state index is -4.49. The maximum absolute atomic E-state index is 14.4. The van der Waals surface area contributed by atoms with Gasteiger partial charge in [0, 0.05) is 12.6 Å². The Morgan fingerprint density at radius 3 is 1.68 bits per heavy atom. The fourth-order valence-corrected chi connectivity index (χ4v) is 6.37. The average Bonchev–Trinajstić information content (AvgIpc) is 2.76. The Labute approximate surface area is 216 Å². The first-order valence-electron chi connectivity index (χ1n) is 13.5. The van der Waals surface area contributed by atoms with E-state index in [9.17, 15) is 26.3 Å². The molecule has 2 saturated carbocycles. The summed E-state index contributed by atoms with van der Waals surface area (Å²) in [6, 6.07) is 14.4. The molecule has 2 aromatic rings. The molecule has 0 bridgehead atoms. The zero-order chi connectivity index (χ0) is 26.9. The molecule has 2 aliphatic rings. The van der Waals surface area contributed by atoms with Gasteiger partial charge < -0.3 is 4.90 Å². The van der Waals surface area contributed by atoms with E-state index in [1.807, 2.05) is 32.0 Å². The summed E-state index contributed by atoms with van der Waals surface area (Å²) in [6.07, 6.45) is -6.76. The molecule has 1 nitrogen and oxygen atoms in total. The van der Waals surface area contributed by atoms with Gasteiger partial charge >= 0.3 is 12.4 Å². The molecule has 7 heteroatoms. The summed E-state index contributed by atoms with van der Waals surface area (Å²) in [5, 5.41) is 0. The van der Waals surface area contributed by atoms with E-state index < -0.39 is 23.2 Å². The third-order valence-electron chi connectivity index (χ3n) is 9.08. The lowest BCUT2D eigenvalue weighted by atomic mass is 9.58. The van der Waals surface area contributed by atoms with E-state index in [2.05, 4.69) is 17.0 Å². The minimum Gasteiger partial charge on any atom is -0.301 e. The Morgan fingerprint density at radius 1 is 0.757 bits per heavy atom. The second-order valence-electron chi connectivity index (χ2n) is 11.0. The predicted molar refractivity (Wildman–Crippen MR) is 135 cm³/mol. The van der Waals surface area contributed by atoms with Crippen molar-refractivity contribution in [2.45, 2.75) is 101 Å². The van der Waals surface area contributed by atoms with E-state index in [1.165, 1.54) is 23.8 Å². The molecular formula is C30H37F6N. The molecule has 204 valence electrons. The van der Waals surface area contributed by atoms with Crippen molar-refractivity contribution < 1.29 is 26.3 Å². The van der Waals surface area contributed by atoms with Crippen LogP contribution in [0.15, 0.2) is 48.5 Å². The third kappa shape index (κ3) is 5.17. The van der Waals surface area contributed by atoms with Crippen LogP contribution in [0.3, 0.4) is 0 Å². The van der Waals surface area contributed by atoms with Gasteiger partial charge in [-0.3, -0.25) is 0 Å². The molecule has 2 aromatic carbocycles. The van der Waals surface area contributed by atoms with Crippen LogP contribution in [0.4, 0.5) is 26.3 Å². The molecule has 2 fully saturated rings. The zero-order valence-electron chi connectivity index (χ0n) is 21.7. The highest BCUT2D eigenvalue weighted by atomic mass is 19.4. The molecular weight excluding hydrogens is 488 g/mol. The van der Waals surface area contributed by atoms with Crippen LogP contribution in [0, 0.1) is 0 Å². The number of hydrogen-bond donors (Lipinski definition) is 0. The summed E-state index contributed by atoms with van der Waals surface area (Å²) >= 11 is 0. The molecule has 2 aliphatic carbocycles. The SMILES string of the molecule is CCN(CCc1ccccc1)C(C)CCc1c(C2(C(F)(F)F)CCC2)cccc1C1(C(F)(F)F)CCC1. The molecule has 0 aliphatic heterocycles. The Bertz CT molecular complexity index is 984. The van der Waals surface area contributed by atoms with Crippen LogP contribution < -0.4 is 0 Å². The number of hydrogen-bond acceptors (Lipinski definition) is 1. The van der Waals surface area contributed by atoms with Crippen LogP contribution in [-0.2, 0) is 23.7 Å². The molecule has 0 spiro atoms. The number of nitrogens with zero attached hydrogens (tertiary/aromatic N) is 1. The van der Waals surface area contributed by atoms with Crippen LogP contribution in [0.1, 0.15) is 81.0 Å². The summed E-state index contributed by atoms with van der Waals surface area (Å²) in [5.41, 5.74) is -2.40. The van der Waals surface area contributed by atoms with Gasteiger partial charge in [-0.2, -0.15) is 26.3 Å². The maximum Gasteiger partial charge on any atom is 0.398 e. The van der Waals surface area contributed by atoms with Crippen LogP contribution in [0.5, 0.6) is 0 Å². The van der Waals surface area contributed by atoms with Crippen molar-refractivity contribution in [3.05, 3.63) is 70.8 Å². The van der Waals surface area contributed by atoms with Gasteiger partial charge in [-0.15, -0.1) is 0 Å². The highest BCUT2D eigenvalue weighted by Gasteiger charge is 2.63. The fraction of sp³-hybridized carbons (Fsp3) is 0.600. The van der Waals surface area contributed by atoms with Crippen molar-refractivity contribution in [3.8, 4) is 0 Å². The van der Waals surface area contributed by atoms with Crippen molar-refractivity contribution in [3.63, 3.8) is 0 Å². The summed E-state index contributed by atoms with van der Waals surface area (Å²) in [4.78, 5) is 2.26. The number of likely N-dealkylation sites (N-methyl/N-ethyl adjacent to an activating group) is 1. The van der Waals surface area contributed by atoms with E-state index in [-0.39, 0.29) is 49.3 Å². The van der Waals surface area contributed by atoms with Crippen molar-refractivity contribution in [2.75, 3.05) is 13.1 Å². The van der Waals surface area contributed by atoms with Crippen molar-refractivity contribution in [2.24, 2.45) is 0 Å². The van der Waals surface area contributed by atoms with Crippen LogP contribution in [0.25, 0.3) is 0 Å². The maximum atomic E-state index is 14.4. The third-order valence-corrected chi connectivity index (χ3v) is 9.08. The second kappa shape index (κ2) is 10.6. The smallest absolute Gasteiger partial charge is 0.301 e. The molecule has 0 aromatic heterocycles. The van der Waals surface area contributed by atoms with Gasteiger partial charge in [0.05, 0.1) is 10.8 Å². The Hall–Kier alpha value is -2.02. The summed E-state index contributed by atoms with van der Waals surface area (Å²) < 4.78 is 86.4. The Balaban J connectivity index is 1.64. The molecule has 1 atom stereocenters. The highest BCUT2D eigenvalue weighted by Crippen LogP contribution is 2.59. The van der Waals surface area contributed by atoms with Crippen molar-refractivity contribution >= 4 is 0 Å². The number of halogens is 6. The molecule has 1 unspecified atom stereocenters. The topological polar surface area (TPSA) is 3.24 Å². The zero-order valence-corrected chi connectivity index (χ0v) is 21.7. The molecule has 4 rings (SSSR count). The van der Waals surface area contributed by atoms with E-state index in [4.69, 9.17) is 0 Å². The standard InChI is InChI=1S/C30H37F6N/c1-3-37(21-16-23-10-5-4-6-11-23)22(2)14-15-24-25(27(17-8-18-27)29(31,32)33)12-7-13-26(24)28(19-9-20-28)30(34,35)36/h4-7,10-13,22H,3,8-9,14-21H2,1-2H3. The largest absolute Gasteiger partial charge is 0.398 e. The van der Waals surface area contributed by atoms with Crippen molar-refractivity contribution in [1.29, 1.82) is 0 Å². The number of benzene rings is 2. The van der Waals surface area contributed by atoms with Gasteiger partial charge in [-0.05, 0) is 80.7 Å². The molecule has 0 saturated heterocycles. The highest BCUT2D eigenvalue weighted by molar-refractivity contribution is 5.48. The van der Waals surface area contributed by atoms with E-state index in [1.54, 1.807) is 0 Å². The normalized spacial score (nSPS) is 19.8. The first-order valence-corrected chi connectivity index (χ1v) is 13.5.